The third-order valence-corrected chi connectivity index (χ3v) is 4.58. The Bertz CT molecular complexity index is 917. The highest BCUT2D eigenvalue weighted by atomic mass is 16.5. The van der Waals surface area contributed by atoms with E-state index in [4.69, 9.17) is 4.74 Å². The zero-order valence-electron chi connectivity index (χ0n) is 17.6. The predicted molar refractivity (Wildman–Crippen MR) is 115 cm³/mol. The van der Waals surface area contributed by atoms with Crippen molar-refractivity contribution in [2.24, 2.45) is 0 Å². The Morgan fingerprint density at radius 3 is 2.30 bits per heavy atom. The summed E-state index contributed by atoms with van der Waals surface area (Å²) in [5.74, 6) is -1.39. The van der Waals surface area contributed by atoms with Crippen LogP contribution in [0, 0.1) is 0 Å². The number of anilines is 1. The summed E-state index contributed by atoms with van der Waals surface area (Å²) in [5.41, 5.74) is 2.64. The standard InChI is InChI=1S/C24H27NO5/c1-4-6-18-9-11-19(12-10-18)22(27)13-14-23(28)30-17(3)24(29)25-21-8-5-7-20(15-21)16(2)26/h5,7-12,15,17H,4,6,13-14H2,1-3H3,(H,25,29)/t17-/m1/s1. The van der Waals surface area contributed by atoms with Crippen molar-refractivity contribution in [3.05, 3.63) is 65.2 Å². The number of aryl methyl sites for hydroxylation is 1. The number of carbonyl (C=O) groups is 4. The van der Waals surface area contributed by atoms with Crippen LogP contribution in [0.15, 0.2) is 48.5 Å². The monoisotopic (exact) mass is 409 g/mol. The van der Waals surface area contributed by atoms with Gasteiger partial charge in [0.05, 0.1) is 6.42 Å². The number of ketones is 2. The molecule has 6 nitrogen and oxygen atoms in total. The van der Waals surface area contributed by atoms with Crippen molar-refractivity contribution in [2.75, 3.05) is 5.32 Å². The Kier molecular flexibility index (Phi) is 8.47. The maximum absolute atomic E-state index is 12.3. The lowest BCUT2D eigenvalue weighted by Gasteiger charge is -2.14. The fourth-order valence-electron chi connectivity index (χ4n) is 2.88. The van der Waals surface area contributed by atoms with E-state index >= 15 is 0 Å². The molecular weight excluding hydrogens is 382 g/mol. The van der Waals surface area contributed by atoms with Crippen LogP contribution >= 0.6 is 0 Å². The fraction of sp³-hybridized carbons (Fsp3) is 0.333. The van der Waals surface area contributed by atoms with Crippen molar-refractivity contribution in [2.45, 2.75) is 52.6 Å². The van der Waals surface area contributed by atoms with Crippen LogP contribution < -0.4 is 5.32 Å². The van der Waals surface area contributed by atoms with Gasteiger partial charge in [-0.1, -0.05) is 49.7 Å². The molecule has 0 saturated heterocycles. The van der Waals surface area contributed by atoms with Crippen molar-refractivity contribution in [1.82, 2.24) is 0 Å². The van der Waals surface area contributed by atoms with E-state index in [9.17, 15) is 19.2 Å². The maximum atomic E-state index is 12.3. The molecule has 0 unspecified atom stereocenters. The van der Waals surface area contributed by atoms with E-state index in [2.05, 4.69) is 12.2 Å². The van der Waals surface area contributed by atoms with Crippen LogP contribution in [0.4, 0.5) is 5.69 Å². The smallest absolute Gasteiger partial charge is 0.307 e. The van der Waals surface area contributed by atoms with Gasteiger partial charge in [-0.05, 0) is 38.0 Å². The lowest BCUT2D eigenvalue weighted by Crippen LogP contribution is -2.30. The lowest BCUT2D eigenvalue weighted by atomic mass is 10.0. The van der Waals surface area contributed by atoms with Crippen LogP contribution in [-0.4, -0.2) is 29.5 Å². The number of carbonyl (C=O) groups excluding carboxylic acids is 4. The van der Waals surface area contributed by atoms with Crippen molar-refractivity contribution >= 4 is 29.1 Å². The molecule has 0 heterocycles. The van der Waals surface area contributed by atoms with Crippen LogP contribution in [0.25, 0.3) is 0 Å². The molecule has 0 spiro atoms. The molecule has 1 atom stereocenters. The summed E-state index contributed by atoms with van der Waals surface area (Å²) in [5, 5.41) is 2.61. The van der Waals surface area contributed by atoms with Crippen molar-refractivity contribution in [1.29, 1.82) is 0 Å². The number of esters is 1. The summed E-state index contributed by atoms with van der Waals surface area (Å²) in [6.45, 7) is 4.98. The van der Waals surface area contributed by atoms with Crippen molar-refractivity contribution < 1.29 is 23.9 Å². The molecule has 0 radical (unpaired) electrons. The van der Waals surface area contributed by atoms with E-state index in [1.165, 1.54) is 19.4 Å². The first kappa shape index (κ1) is 23.0. The van der Waals surface area contributed by atoms with Gasteiger partial charge in [-0.2, -0.15) is 0 Å². The van der Waals surface area contributed by atoms with Gasteiger partial charge in [-0.25, -0.2) is 0 Å². The Morgan fingerprint density at radius 2 is 1.67 bits per heavy atom. The molecule has 0 aromatic heterocycles. The minimum Gasteiger partial charge on any atom is -0.453 e. The van der Waals surface area contributed by atoms with E-state index in [0.717, 1.165) is 12.8 Å². The summed E-state index contributed by atoms with van der Waals surface area (Å²) in [7, 11) is 0. The van der Waals surface area contributed by atoms with Crippen LogP contribution in [0.2, 0.25) is 0 Å². The van der Waals surface area contributed by atoms with Gasteiger partial charge in [0.15, 0.2) is 17.7 Å². The third kappa shape index (κ3) is 6.95. The Labute approximate surface area is 176 Å². The largest absolute Gasteiger partial charge is 0.453 e. The number of amides is 1. The van der Waals surface area contributed by atoms with Gasteiger partial charge in [0, 0.05) is 23.2 Å². The molecule has 0 bridgehead atoms. The summed E-state index contributed by atoms with van der Waals surface area (Å²) in [6.07, 6.45) is 0.878. The average Bonchev–Trinajstić information content (AvgIpc) is 2.73. The van der Waals surface area contributed by atoms with Crippen LogP contribution in [0.3, 0.4) is 0 Å². The Morgan fingerprint density at radius 1 is 0.967 bits per heavy atom. The fourth-order valence-corrected chi connectivity index (χ4v) is 2.88. The van der Waals surface area contributed by atoms with Gasteiger partial charge >= 0.3 is 5.97 Å². The summed E-state index contributed by atoms with van der Waals surface area (Å²) in [4.78, 5) is 47.9. The first-order valence-corrected chi connectivity index (χ1v) is 10.0. The van der Waals surface area contributed by atoms with E-state index in [0.29, 0.717) is 16.8 Å². The van der Waals surface area contributed by atoms with Crippen LogP contribution in [0.5, 0.6) is 0 Å². The molecule has 1 amide bonds. The molecule has 6 heteroatoms. The van der Waals surface area contributed by atoms with Gasteiger partial charge in [-0.15, -0.1) is 0 Å². The second kappa shape index (κ2) is 11.0. The van der Waals surface area contributed by atoms with Gasteiger partial charge in [0.25, 0.3) is 5.91 Å². The summed E-state index contributed by atoms with van der Waals surface area (Å²) in [6, 6.07) is 13.9. The minimum absolute atomic E-state index is 0.0148. The van der Waals surface area contributed by atoms with E-state index in [1.54, 1.807) is 36.4 Å². The molecule has 0 saturated carbocycles. The first-order chi connectivity index (χ1) is 14.3. The minimum atomic E-state index is -1.03. The topological polar surface area (TPSA) is 89.5 Å². The number of rotatable bonds is 10. The lowest BCUT2D eigenvalue weighted by molar-refractivity contribution is -0.153. The van der Waals surface area contributed by atoms with E-state index < -0.39 is 18.0 Å². The number of Topliss-reactive ketones (excluding diaryl/α,β-unsaturated/α-hetero) is 2. The quantitative estimate of drug-likeness (QED) is 0.465. The SMILES string of the molecule is CCCc1ccc(C(=O)CCC(=O)O[C@H](C)C(=O)Nc2cccc(C(C)=O)c2)cc1. The highest BCUT2D eigenvalue weighted by Crippen LogP contribution is 2.13. The summed E-state index contributed by atoms with van der Waals surface area (Å²) < 4.78 is 5.13. The molecule has 1 N–H and O–H groups in total. The molecule has 2 aromatic rings. The molecule has 0 aliphatic rings. The predicted octanol–water partition coefficient (Wildman–Crippen LogP) is 4.38. The average molecular weight is 409 g/mol. The highest BCUT2D eigenvalue weighted by molar-refractivity contribution is 5.99. The van der Waals surface area contributed by atoms with Crippen LogP contribution in [0.1, 0.15) is 66.3 Å². The zero-order valence-corrected chi connectivity index (χ0v) is 17.6. The Hall–Kier alpha value is -3.28. The van der Waals surface area contributed by atoms with Gasteiger partial charge in [0.1, 0.15) is 0 Å². The molecule has 0 aliphatic heterocycles. The normalized spacial score (nSPS) is 11.4. The van der Waals surface area contributed by atoms with Crippen LogP contribution in [-0.2, 0) is 20.7 Å². The van der Waals surface area contributed by atoms with Gasteiger partial charge in [0.2, 0.25) is 0 Å². The number of ether oxygens (including phenoxy) is 1. The Balaban J connectivity index is 1.82. The number of hydrogen-bond acceptors (Lipinski definition) is 5. The molecule has 2 aromatic carbocycles. The number of hydrogen-bond donors (Lipinski definition) is 1. The van der Waals surface area contributed by atoms with Gasteiger partial charge < -0.3 is 10.1 Å². The molecule has 30 heavy (non-hydrogen) atoms. The first-order valence-electron chi connectivity index (χ1n) is 10.0. The molecule has 0 fully saturated rings. The van der Waals surface area contributed by atoms with Gasteiger partial charge in [-0.3, -0.25) is 19.2 Å². The van der Waals surface area contributed by atoms with E-state index in [-0.39, 0.29) is 24.4 Å². The maximum Gasteiger partial charge on any atom is 0.307 e. The third-order valence-electron chi connectivity index (χ3n) is 4.58. The summed E-state index contributed by atoms with van der Waals surface area (Å²) >= 11 is 0. The number of benzene rings is 2. The zero-order chi connectivity index (χ0) is 22.1. The second-order valence-corrected chi connectivity index (χ2v) is 7.13. The molecular formula is C24H27NO5. The molecule has 2 rings (SSSR count). The highest BCUT2D eigenvalue weighted by Gasteiger charge is 2.19. The molecule has 0 aliphatic carbocycles. The van der Waals surface area contributed by atoms with Crippen molar-refractivity contribution in [3.8, 4) is 0 Å². The number of nitrogens with one attached hydrogen (secondary N) is 1. The van der Waals surface area contributed by atoms with E-state index in [1.807, 2.05) is 12.1 Å². The molecule has 158 valence electrons. The van der Waals surface area contributed by atoms with Crippen molar-refractivity contribution in [3.63, 3.8) is 0 Å². The second-order valence-electron chi connectivity index (χ2n) is 7.13.